The van der Waals surface area contributed by atoms with E-state index in [4.69, 9.17) is 0 Å². The molecule has 6 heteroatoms. The molecule has 0 radical (unpaired) electrons. The molecule has 1 aromatic heterocycles. The van der Waals surface area contributed by atoms with Crippen LogP contribution in [-0.2, 0) is 6.54 Å². The van der Waals surface area contributed by atoms with Crippen LogP contribution in [0.25, 0.3) is 11.4 Å². The third-order valence-corrected chi connectivity index (χ3v) is 3.79. The Labute approximate surface area is 135 Å². The second-order valence-corrected chi connectivity index (χ2v) is 5.73. The van der Waals surface area contributed by atoms with E-state index in [1.807, 2.05) is 35.0 Å². The van der Waals surface area contributed by atoms with Gasteiger partial charge >= 0.3 is 0 Å². The highest BCUT2D eigenvalue weighted by Gasteiger charge is 2.08. The average Bonchev–Trinajstić information content (AvgIpc) is 2.96. The van der Waals surface area contributed by atoms with Crippen LogP contribution in [0, 0.1) is 10.1 Å². The minimum absolute atomic E-state index is 0.0987. The summed E-state index contributed by atoms with van der Waals surface area (Å²) < 4.78 is 3.01. The Kier molecular flexibility index (Phi) is 4.02. The van der Waals surface area contributed by atoms with E-state index in [9.17, 15) is 10.1 Å². The first-order chi connectivity index (χ1) is 10.6. The molecular weight excluding hydrogens is 346 g/mol. The molecule has 0 fully saturated rings. The van der Waals surface area contributed by atoms with Gasteiger partial charge in [0.2, 0.25) is 0 Å². The Hall–Kier alpha value is -2.47. The first-order valence-electron chi connectivity index (χ1n) is 6.64. The minimum atomic E-state index is -0.395. The van der Waals surface area contributed by atoms with Gasteiger partial charge in [0.1, 0.15) is 5.82 Å². The highest BCUT2D eigenvalue weighted by molar-refractivity contribution is 9.10. The van der Waals surface area contributed by atoms with Crippen LogP contribution in [0.3, 0.4) is 0 Å². The number of halogens is 1. The van der Waals surface area contributed by atoms with E-state index in [-0.39, 0.29) is 5.69 Å². The van der Waals surface area contributed by atoms with Crippen molar-refractivity contribution in [1.82, 2.24) is 9.55 Å². The van der Waals surface area contributed by atoms with Crippen LogP contribution in [0.15, 0.2) is 65.4 Å². The van der Waals surface area contributed by atoms with Crippen LogP contribution < -0.4 is 0 Å². The number of aromatic nitrogens is 2. The second-order valence-electron chi connectivity index (χ2n) is 4.81. The highest BCUT2D eigenvalue weighted by atomic mass is 79.9. The topological polar surface area (TPSA) is 61.0 Å². The van der Waals surface area contributed by atoms with Crippen LogP contribution in [0.1, 0.15) is 5.56 Å². The van der Waals surface area contributed by atoms with Crippen molar-refractivity contribution in [3.8, 4) is 11.4 Å². The molecule has 0 amide bonds. The maximum atomic E-state index is 10.7. The van der Waals surface area contributed by atoms with E-state index in [1.54, 1.807) is 18.3 Å². The number of benzene rings is 2. The first-order valence-corrected chi connectivity index (χ1v) is 7.43. The van der Waals surface area contributed by atoms with E-state index in [0.717, 1.165) is 21.4 Å². The van der Waals surface area contributed by atoms with Crippen molar-refractivity contribution in [2.75, 3.05) is 0 Å². The molecule has 1 heterocycles. The number of nitro groups is 1. The van der Waals surface area contributed by atoms with Gasteiger partial charge in [-0.25, -0.2) is 4.98 Å². The molecule has 0 bridgehead atoms. The van der Waals surface area contributed by atoms with Gasteiger partial charge in [0.05, 0.1) is 4.92 Å². The van der Waals surface area contributed by atoms with Gasteiger partial charge < -0.3 is 4.57 Å². The summed E-state index contributed by atoms with van der Waals surface area (Å²) in [4.78, 5) is 14.7. The molecule has 2 aromatic carbocycles. The van der Waals surface area contributed by atoms with Crippen molar-refractivity contribution in [3.63, 3.8) is 0 Å². The van der Waals surface area contributed by atoms with Gasteiger partial charge in [0, 0.05) is 41.1 Å². The molecule has 0 aliphatic carbocycles. The van der Waals surface area contributed by atoms with Crippen molar-refractivity contribution in [2.45, 2.75) is 6.54 Å². The second kappa shape index (κ2) is 6.11. The molecule has 0 aliphatic rings. The zero-order valence-electron chi connectivity index (χ0n) is 11.5. The zero-order valence-corrected chi connectivity index (χ0v) is 13.1. The third-order valence-electron chi connectivity index (χ3n) is 3.30. The molecule has 0 N–H and O–H groups in total. The van der Waals surface area contributed by atoms with Crippen molar-refractivity contribution in [2.24, 2.45) is 0 Å². The van der Waals surface area contributed by atoms with Crippen molar-refractivity contribution in [3.05, 3.63) is 81.1 Å². The van der Waals surface area contributed by atoms with Gasteiger partial charge in [-0.05, 0) is 17.7 Å². The molecule has 5 nitrogen and oxygen atoms in total. The number of hydrogen-bond donors (Lipinski definition) is 0. The number of rotatable bonds is 4. The fourth-order valence-electron chi connectivity index (χ4n) is 2.24. The molecular formula is C16H12BrN3O2. The van der Waals surface area contributed by atoms with E-state index in [2.05, 4.69) is 20.9 Å². The van der Waals surface area contributed by atoms with Crippen LogP contribution in [0.2, 0.25) is 0 Å². The predicted molar refractivity (Wildman–Crippen MR) is 87.6 cm³/mol. The van der Waals surface area contributed by atoms with Crippen molar-refractivity contribution >= 4 is 21.6 Å². The number of nitro benzene ring substituents is 1. The molecule has 0 atom stereocenters. The van der Waals surface area contributed by atoms with Crippen LogP contribution in [0.4, 0.5) is 5.69 Å². The lowest BCUT2D eigenvalue weighted by molar-refractivity contribution is -0.384. The average molecular weight is 358 g/mol. The van der Waals surface area contributed by atoms with E-state index >= 15 is 0 Å². The van der Waals surface area contributed by atoms with Gasteiger partial charge in [0.25, 0.3) is 5.69 Å². The van der Waals surface area contributed by atoms with Gasteiger partial charge in [-0.3, -0.25) is 10.1 Å². The van der Waals surface area contributed by atoms with Gasteiger partial charge in [0.15, 0.2) is 0 Å². The highest BCUT2D eigenvalue weighted by Crippen LogP contribution is 2.22. The summed E-state index contributed by atoms with van der Waals surface area (Å²) in [7, 11) is 0. The maximum Gasteiger partial charge on any atom is 0.269 e. The van der Waals surface area contributed by atoms with E-state index < -0.39 is 4.92 Å². The molecule has 22 heavy (non-hydrogen) atoms. The molecule has 0 unspecified atom stereocenters. The summed E-state index contributed by atoms with van der Waals surface area (Å²) in [5, 5.41) is 10.7. The summed E-state index contributed by atoms with van der Waals surface area (Å²) in [5.74, 6) is 0.861. The first kappa shape index (κ1) is 14.5. The van der Waals surface area contributed by atoms with Crippen molar-refractivity contribution < 1.29 is 4.92 Å². The quantitative estimate of drug-likeness (QED) is 0.517. The minimum Gasteiger partial charge on any atom is -0.327 e. The fourth-order valence-corrected chi connectivity index (χ4v) is 2.64. The lowest BCUT2D eigenvalue weighted by Crippen LogP contribution is -2.01. The maximum absolute atomic E-state index is 10.7. The Balaban J connectivity index is 1.88. The molecule has 0 saturated carbocycles. The normalized spacial score (nSPS) is 10.6. The SMILES string of the molecule is O=[N+]([O-])c1ccc(Cn2ccnc2-c2cccc(Br)c2)cc1. The lowest BCUT2D eigenvalue weighted by atomic mass is 10.2. The number of non-ortho nitro benzene ring substituents is 1. The number of imidazole rings is 1. The smallest absolute Gasteiger partial charge is 0.269 e. The van der Waals surface area contributed by atoms with E-state index in [1.165, 1.54) is 12.1 Å². The Bertz CT molecular complexity index is 812. The fraction of sp³-hybridized carbons (Fsp3) is 0.0625. The summed E-state index contributed by atoms with van der Waals surface area (Å²) >= 11 is 3.46. The molecule has 110 valence electrons. The number of nitrogens with zero attached hydrogens (tertiary/aromatic N) is 3. The Morgan fingerprint density at radius 3 is 2.64 bits per heavy atom. The van der Waals surface area contributed by atoms with Gasteiger partial charge in [-0.15, -0.1) is 0 Å². The standard InChI is InChI=1S/C16H12BrN3O2/c17-14-3-1-2-13(10-14)16-18-8-9-19(16)11-12-4-6-15(7-5-12)20(21)22/h1-10H,11H2. The summed E-state index contributed by atoms with van der Waals surface area (Å²) in [5.41, 5.74) is 2.10. The molecule has 3 rings (SSSR count). The zero-order chi connectivity index (χ0) is 15.5. The van der Waals surface area contributed by atoms with Crippen LogP contribution in [-0.4, -0.2) is 14.5 Å². The molecule has 3 aromatic rings. The molecule has 0 spiro atoms. The van der Waals surface area contributed by atoms with Crippen molar-refractivity contribution in [1.29, 1.82) is 0 Å². The van der Waals surface area contributed by atoms with Gasteiger partial charge in [-0.1, -0.05) is 40.2 Å². The van der Waals surface area contributed by atoms with E-state index in [0.29, 0.717) is 6.54 Å². The summed E-state index contributed by atoms with van der Waals surface area (Å²) in [6.07, 6.45) is 3.65. The lowest BCUT2D eigenvalue weighted by Gasteiger charge is -2.08. The summed E-state index contributed by atoms with van der Waals surface area (Å²) in [6.45, 7) is 0.611. The number of hydrogen-bond acceptors (Lipinski definition) is 3. The monoisotopic (exact) mass is 357 g/mol. The largest absolute Gasteiger partial charge is 0.327 e. The Morgan fingerprint density at radius 1 is 1.18 bits per heavy atom. The summed E-state index contributed by atoms with van der Waals surface area (Å²) in [6, 6.07) is 14.5. The predicted octanol–water partition coefficient (Wildman–Crippen LogP) is 4.27. The van der Waals surface area contributed by atoms with Crippen LogP contribution >= 0.6 is 15.9 Å². The Morgan fingerprint density at radius 2 is 1.95 bits per heavy atom. The van der Waals surface area contributed by atoms with Gasteiger partial charge in [-0.2, -0.15) is 0 Å². The molecule has 0 saturated heterocycles. The molecule has 0 aliphatic heterocycles. The third kappa shape index (κ3) is 3.07. The van der Waals surface area contributed by atoms with Crippen LogP contribution in [0.5, 0.6) is 0 Å².